The molecule has 1 aliphatic heterocycles. The molecular weight excluding hydrogens is 234 g/mol. The molecule has 0 bridgehead atoms. The first-order valence-corrected chi connectivity index (χ1v) is 7.09. The van der Waals surface area contributed by atoms with E-state index in [2.05, 4.69) is 6.92 Å². The zero-order valence-electron chi connectivity index (χ0n) is 9.98. The minimum Gasteiger partial charge on any atom is -0.389 e. The zero-order valence-corrected chi connectivity index (χ0v) is 10.8. The highest BCUT2D eigenvalue weighted by Crippen LogP contribution is 2.33. The van der Waals surface area contributed by atoms with Crippen molar-refractivity contribution in [3.63, 3.8) is 0 Å². The molecular formula is C13H17NO2S. The Bertz CT molecular complexity index is 448. The molecule has 1 atom stereocenters. The Morgan fingerprint density at radius 1 is 1.53 bits per heavy atom. The van der Waals surface area contributed by atoms with Crippen molar-refractivity contribution < 1.29 is 9.90 Å². The topological polar surface area (TPSA) is 40.5 Å². The summed E-state index contributed by atoms with van der Waals surface area (Å²) < 4.78 is 0. The van der Waals surface area contributed by atoms with Gasteiger partial charge in [0.1, 0.15) is 0 Å². The maximum Gasteiger partial charge on any atom is 0.255 e. The van der Waals surface area contributed by atoms with Crippen molar-refractivity contribution >= 4 is 17.2 Å². The van der Waals surface area contributed by atoms with E-state index in [4.69, 9.17) is 0 Å². The lowest BCUT2D eigenvalue weighted by Gasteiger charge is -2.36. The summed E-state index contributed by atoms with van der Waals surface area (Å²) in [5, 5.41) is 11.3. The van der Waals surface area contributed by atoms with E-state index in [0.29, 0.717) is 13.1 Å². The number of nitrogens with zero attached hydrogens (tertiary/aromatic N) is 1. The maximum absolute atomic E-state index is 12.2. The van der Waals surface area contributed by atoms with Crippen LogP contribution in [-0.2, 0) is 12.8 Å². The van der Waals surface area contributed by atoms with Crippen LogP contribution in [0.3, 0.4) is 0 Å². The number of β-amino-alcohol motifs (C(OH)–C–C–N with tert-alkyl or cyclic N) is 1. The summed E-state index contributed by atoms with van der Waals surface area (Å²) in [7, 11) is 0. The lowest BCUT2D eigenvalue weighted by Crippen LogP contribution is -2.53. The van der Waals surface area contributed by atoms with Crippen LogP contribution in [0, 0.1) is 5.92 Å². The summed E-state index contributed by atoms with van der Waals surface area (Å²) in [6.45, 7) is 3.27. The smallest absolute Gasteiger partial charge is 0.255 e. The van der Waals surface area contributed by atoms with Crippen molar-refractivity contribution in [1.82, 2.24) is 4.90 Å². The monoisotopic (exact) mass is 251 g/mol. The largest absolute Gasteiger partial charge is 0.389 e. The molecule has 3 nitrogen and oxygen atoms in total. The molecule has 0 spiro atoms. The van der Waals surface area contributed by atoms with E-state index in [1.165, 1.54) is 16.9 Å². The van der Waals surface area contributed by atoms with Crippen LogP contribution in [0.4, 0.5) is 0 Å². The highest BCUT2D eigenvalue weighted by Gasteiger charge is 2.32. The summed E-state index contributed by atoms with van der Waals surface area (Å²) in [4.78, 5) is 15.3. The van der Waals surface area contributed by atoms with Gasteiger partial charge in [-0.1, -0.05) is 6.92 Å². The number of aliphatic hydroxyl groups excluding tert-OH is 1. The Morgan fingerprint density at radius 3 is 3.00 bits per heavy atom. The van der Waals surface area contributed by atoms with Gasteiger partial charge >= 0.3 is 0 Å². The normalized spacial score (nSPS) is 24.4. The molecule has 1 saturated heterocycles. The first-order chi connectivity index (χ1) is 8.15. The molecule has 1 unspecified atom stereocenters. The fourth-order valence-electron chi connectivity index (χ4n) is 2.65. The van der Waals surface area contributed by atoms with Gasteiger partial charge < -0.3 is 10.0 Å². The van der Waals surface area contributed by atoms with Gasteiger partial charge in [-0.3, -0.25) is 4.79 Å². The van der Waals surface area contributed by atoms with Gasteiger partial charge in [0.15, 0.2) is 0 Å². The van der Waals surface area contributed by atoms with E-state index < -0.39 is 0 Å². The molecule has 3 rings (SSSR count). The first-order valence-electron chi connectivity index (χ1n) is 6.21. The molecule has 17 heavy (non-hydrogen) atoms. The molecule has 1 amide bonds. The Hall–Kier alpha value is -0.870. The van der Waals surface area contributed by atoms with Crippen LogP contribution in [0.1, 0.15) is 34.1 Å². The molecule has 2 heterocycles. The molecule has 1 aliphatic carbocycles. The van der Waals surface area contributed by atoms with Gasteiger partial charge in [-0.25, -0.2) is 0 Å². The standard InChI is InChI=1S/C13H17NO2S/c1-8-2-3-10-11(7-17-12(10)4-8)13(16)14-5-9(15)6-14/h7-9,15H,2-6H2,1H3. The molecule has 0 saturated carbocycles. The summed E-state index contributed by atoms with van der Waals surface area (Å²) in [5.41, 5.74) is 2.17. The molecule has 92 valence electrons. The van der Waals surface area contributed by atoms with E-state index in [-0.39, 0.29) is 12.0 Å². The number of carbonyl (C=O) groups is 1. The third kappa shape index (κ3) is 1.89. The molecule has 1 aromatic rings. The fourth-order valence-corrected chi connectivity index (χ4v) is 3.89. The predicted molar refractivity (Wildman–Crippen MR) is 67.4 cm³/mol. The van der Waals surface area contributed by atoms with Crippen molar-refractivity contribution in [1.29, 1.82) is 0 Å². The van der Waals surface area contributed by atoms with E-state index in [1.807, 2.05) is 5.38 Å². The van der Waals surface area contributed by atoms with Crippen molar-refractivity contribution in [3.05, 3.63) is 21.4 Å². The second kappa shape index (κ2) is 4.10. The molecule has 0 aromatic carbocycles. The second-order valence-electron chi connectivity index (χ2n) is 5.26. The zero-order chi connectivity index (χ0) is 12.0. The first kappa shape index (κ1) is 11.2. The number of aliphatic hydroxyl groups is 1. The van der Waals surface area contributed by atoms with Crippen LogP contribution in [0.15, 0.2) is 5.38 Å². The average Bonchev–Trinajstić information content (AvgIpc) is 2.66. The number of rotatable bonds is 1. The fraction of sp³-hybridized carbons (Fsp3) is 0.615. The summed E-state index contributed by atoms with van der Waals surface area (Å²) in [6.07, 6.45) is 3.04. The molecule has 1 aromatic heterocycles. The quantitative estimate of drug-likeness (QED) is 0.825. The minimum absolute atomic E-state index is 0.113. The van der Waals surface area contributed by atoms with Crippen LogP contribution in [0.5, 0.6) is 0 Å². The van der Waals surface area contributed by atoms with Gasteiger partial charge in [0.2, 0.25) is 0 Å². The molecule has 1 N–H and O–H groups in total. The van der Waals surface area contributed by atoms with Gasteiger partial charge in [-0.15, -0.1) is 11.3 Å². The predicted octanol–water partition coefficient (Wildman–Crippen LogP) is 1.69. The number of thiophene rings is 1. The molecule has 1 fully saturated rings. The Balaban J connectivity index is 1.82. The highest BCUT2D eigenvalue weighted by atomic mass is 32.1. The summed E-state index contributed by atoms with van der Waals surface area (Å²) in [6, 6.07) is 0. The number of likely N-dealkylation sites (tertiary alicyclic amines) is 1. The SMILES string of the molecule is CC1CCc2c(C(=O)N3CC(O)C3)csc2C1. The van der Waals surface area contributed by atoms with Crippen molar-refractivity contribution in [3.8, 4) is 0 Å². The van der Waals surface area contributed by atoms with Crippen LogP contribution in [0.25, 0.3) is 0 Å². The van der Waals surface area contributed by atoms with Gasteiger partial charge in [0, 0.05) is 23.3 Å². The number of carbonyl (C=O) groups excluding carboxylic acids is 1. The lowest BCUT2D eigenvalue weighted by molar-refractivity contribution is 0.00584. The van der Waals surface area contributed by atoms with Crippen molar-refractivity contribution in [2.75, 3.05) is 13.1 Å². The minimum atomic E-state index is -0.312. The molecule has 0 radical (unpaired) electrons. The summed E-state index contributed by atoms with van der Waals surface area (Å²) in [5.74, 6) is 0.859. The highest BCUT2D eigenvalue weighted by molar-refractivity contribution is 7.10. The van der Waals surface area contributed by atoms with Gasteiger partial charge in [0.25, 0.3) is 5.91 Å². The van der Waals surface area contributed by atoms with E-state index >= 15 is 0 Å². The summed E-state index contributed by atoms with van der Waals surface area (Å²) >= 11 is 1.73. The third-order valence-corrected chi connectivity index (χ3v) is 4.83. The van der Waals surface area contributed by atoms with Crippen LogP contribution < -0.4 is 0 Å². The lowest BCUT2D eigenvalue weighted by atomic mass is 9.88. The third-order valence-electron chi connectivity index (χ3n) is 3.78. The molecule has 2 aliphatic rings. The van der Waals surface area contributed by atoms with Crippen molar-refractivity contribution in [2.45, 2.75) is 32.3 Å². The van der Waals surface area contributed by atoms with Crippen LogP contribution in [0.2, 0.25) is 0 Å². The maximum atomic E-state index is 12.2. The van der Waals surface area contributed by atoms with Gasteiger partial charge in [-0.05, 0) is 30.7 Å². The Labute approximate surface area is 105 Å². The Morgan fingerprint density at radius 2 is 2.29 bits per heavy atom. The number of hydrogen-bond donors (Lipinski definition) is 1. The second-order valence-corrected chi connectivity index (χ2v) is 6.23. The van der Waals surface area contributed by atoms with E-state index in [1.54, 1.807) is 16.2 Å². The van der Waals surface area contributed by atoms with Crippen molar-refractivity contribution in [2.24, 2.45) is 5.92 Å². The van der Waals surface area contributed by atoms with Crippen LogP contribution in [-0.4, -0.2) is 35.1 Å². The van der Waals surface area contributed by atoms with E-state index in [9.17, 15) is 9.90 Å². The average molecular weight is 251 g/mol. The number of fused-ring (bicyclic) bond motifs is 1. The van der Waals surface area contributed by atoms with Crippen LogP contribution >= 0.6 is 11.3 Å². The number of hydrogen-bond acceptors (Lipinski definition) is 3. The van der Waals surface area contributed by atoms with Gasteiger partial charge in [0.05, 0.1) is 11.7 Å². The molecule has 4 heteroatoms. The van der Waals surface area contributed by atoms with Gasteiger partial charge in [-0.2, -0.15) is 0 Å². The van der Waals surface area contributed by atoms with E-state index in [0.717, 1.165) is 24.3 Å². The number of amides is 1. The Kier molecular flexibility index (Phi) is 2.71.